The number of likely N-dealkylation sites (tertiary alicyclic amines) is 1. The average Bonchev–Trinajstić information content (AvgIpc) is 2.29. The summed E-state index contributed by atoms with van der Waals surface area (Å²) in [6.07, 6.45) is 3.81. The monoisotopic (exact) mass is 241 g/mol. The van der Waals surface area contributed by atoms with Gasteiger partial charge in [-0.1, -0.05) is 0 Å². The molecule has 0 bridgehead atoms. The van der Waals surface area contributed by atoms with Gasteiger partial charge in [-0.3, -0.25) is 10.2 Å². The van der Waals surface area contributed by atoms with Crippen LogP contribution in [0.2, 0.25) is 0 Å². The molecule has 5 heteroatoms. The van der Waals surface area contributed by atoms with Crippen LogP contribution in [-0.4, -0.2) is 67.8 Å². The number of rotatable bonds is 2. The molecule has 2 aliphatic rings. The molecule has 0 aliphatic carbocycles. The largest absolute Gasteiger partial charge is 0.326 e. The van der Waals surface area contributed by atoms with Crippen LogP contribution in [0, 0.1) is 0 Å². The maximum atomic E-state index is 6.22. The molecule has 4 atom stereocenters. The number of likely N-dealkylation sites (N-methyl/N-ethyl adjacent to an activating group) is 1. The van der Waals surface area contributed by atoms with Gasteiger partial charge < -0.3 is 16.4 Å². The standard InChI is InChI=1S/C12H27N5/c1-16(2)10-4-3-5-17(8-10)12-11(14)6-9(13)7-15-12/h9-12,15H,3-8,13-14H2,1-2H3. The van der Waals surface area contributed by atoms with E-state index in [0.29, 0.717) is 12.2 Å². The van der Waals surface area contributed by atoms with Gasteiger partial charge in [0.2, 0.25) is 0 Å². The molecule has 0 aromatic carbocycles. The molecule has 2 fully saturated rings. The quantitative estimate of drug-likeness (QED) is 0.578. The van der Waals surface area contributed by atoms with E-state index in [1.807, 2.05) is 0 Å². The third-order valence-corrected chi connectivity index (χ3v) is 4.12. The molecule has 0 aromatic rings. The highest BCUT2D eigenvalue weighted by molar-refractivity contribution is 4.92. The third kappa shape index (κ3) is 3.17. The van der Waals surface area contributed by atoms with E-state index in [0.717, 1.165) is 26.1 Å². The fourth-order valence-electron chi connectivity index (χ4n) is 3.04. The molecule has 2 saturated heterocycles. The van der Waals surface area contributed by atoms with Crippen molar-refractivity contribution in [3.8, 4) is 0 Å². The first-order chi connectivity index (χ1) is 8.08. The van der Waals surface area contributed by atoms with Gasteiger partial charge in [0.05, 0.1) is 6.17 Å². The summed E-state index contributed by atoms with van der Waals surface area (Å²) < 4.78 is 0. The summed E-state index contributed by atoms with van der Waals surface area (Å²) in [6.45, 7) is 3.17. The van der Waals surface area contributed by atoms with E-state index in [1.54, 1.807) is 0 Å². The molecule has 2 heterocycles. The van der Waals surface area contributed by atoms with Gasteiger partial charge in [0.15, 0.2) is 0 Å². The SMILES string of the molecule is CN(C)C1CCCN(C2NCC(N)CC2N)C1. The first-order valence-electron chi connectivity index (χ1n) is 6.73. The van der Waals surface area contributed by atoms with Crippen LogP contribution in [0.25, 0.3) is 0 Å². The maximum absolute atomic E-state index is 6.22. The van der Waals surface area contributed by atoms with Gasteiger partial charge in [0, 0.05) is 31.2 Å². The van der Waals surface area contributed by atoms with Crippen molar-refractivity contribution in [1.82, 2.24) is 15.1 Å². The van der Waals surface area contributed by atoms with Crippen molar-refractivity contribution in [2.24, 2.45) is 11.5 Å². The molecule has 0 spiro atoms. The van der Waals surface area contributed by atoms with Crippen molar-refractivity contribution in [3.05, 3.63) is 0 Å². The Morgan fingerprint density at radius 1 is 1.29 bits per heavy atom. The molecule has 2 aliphatic heterocycles. The first kappa shape index (κ1) is 13.2. The number of nitrogens with two attached hydrogens (primary N) is 2. The van der Waals surface area contributed by atoms with Crippen molar-refractivity contribution >= 4 is 0 Å². The lowest BCUT2D eigenvalue weighted by molar-refractivity contribution is 0.0545. The predicted molar refractivity (Wildman–Crippen MR) is 70.6 cm³/mol. The van der Waals surface area contributed by atoms with Crippen LogP contribution in [0.1, 0.15) is 19.3 Å². The zero-order valence-electron chi connectivity index (χ0n) is 11.1. The fraction of sp³-hybridized carbons (Fsp3) is 1.00. The normalized spacial score (nSPS) is 40.8. The molecule has 0 radical (unpaired) electrons. The second-order valence-corrected chi connectivity index (χ2v) is 5.77. The minimum Gasteiger partial charge on any atom is -0.326 e. The molecule has 0 aromatic heterocycles. The van der Waals surface area contributed by atoms with Gasteiger partial charge in [-0.05, 0) is 39.9 Å². The molecule has 4 unspecified atom stereocenters. The molecule has 17 heavy (non-hydrogen) atoms. The number of hydrogen-bond donors (Lipinski definition) is 3. The van der Waals surface area contributed by atoms with Gasteiger partial charge in [0.1, 0.15) is 0 Å². The highest BCUT2D eigenvalue weighted by Gasteiger charge is 2.33. The Hall–Kier alpha value is -0.200. The minimum atomic E-state index is 0.166. The number of piperidine rings is 2. The van der Waals surface area contributed by atoms with Crippen molar-refractivity contribution in [2.75, 3.05) is 33.7 Å². The first-order valence-corrected chi connectivity index (χ1v) is 6.73. The molecular weight excluding hydrogens is 214 g/mol. The Morgan fingerprint density at radius 2 is 2.06 bits per heavy atom. The Morgan fingerprint density at radius 3 is 2.71 bits per heavy atom. The molecule has 100 valence electrons. The highest BCUT2D eigenvalue weighted by Crippen LogP contribution is 2.18. The highest BCUT2D eigenvalue weighted by atomic mass is 15.3. The van der Waals surface area contributed by atoms with Crippen LogP contribution in [0.4, 0.5) is 0 Å². The molecule has 2 rings (SSSR count). The number of nitrogens with one attached hydrogen (secondary N) is 1. The van der Waals surface area contributed by atoms with E-state index in [1.165, 1.54) is 12.8 Å². The molecule has 0 amide bonds. The van der Waals surface area contributed by atoms with Crippen LogP contribution in [0.15, 0.2) is 0 Å². The summed E-state index contributed by atoms with van der Waals surface area (Å²) in [4.78, 5) is 4.83. The summed E-state index contributed by atoms with van der Waals surface area (Å²) in [7, 11) is 4.33. The second kappa shape index (κ2) is 5.63. The van der Waals surface area contributed by atoms with Gasteiger partial charge in [-0.2, -0.15) is 0 Å². The predicted octanol–water partition coefficient (Wildman–Crippen LogP) is -1.01. The topological polar surface area (TPSA) is 70.5 Å². The van der Waals surface area contributed by atoms with Gasteiger partial charge in [-0.15, -0.1) is 0 Å². The summed E-state index contributed by atoms with van der Waals surface area (Å²) in [6, 6.07) is 1.05. The Bertz CT molecular complexity index is 245. The lowest BCUT2D eigenvalue weighted by atomic mass is 9.97. The van der Waals surface area contributed by atoms with Crippen molar-refractivity contribution in [3.63, 3.8) is 0 Å². The minimum absolute atomic E-state index is 0.166. The van der Waals surface area contributed by atoms with E-state index in [-0.39, 0.29) is 12.1 Å². The zero-order chi connectivity index (χ0) is 12.4. The molecule has 0 saturated carbocycles. The van der Waals surface area contributed by atoms with Crippen molar-refractivity contribution in [1.29, 1.82) is 0 Å². The summed E-state index contributed by atoms with van der Waals surface area (Å²) >= 11 is 0. The lowest BCUT2D eigenvalue weighted by Crippen LogP contribution is -2.65. The maximum Gasteiger partial charge on any atom is 0.0754 e. The summed E-state index contributed by atoms with van der Waals surface area (Å²) in [5.74, 6) is 0. The Balaban J connectivity index is 1.92. The van der Waals surface area contributed by atoms with E-state index in [9.17, 15) is 0 Å². The van der Waals surface area contributed by atoms with Crippen molar-refractivity contribution in [2.45, 2.75) is 43.6 Å². The van der Waals surface area contributed by atoms with Crippen LogP contribution in [0.3, 0.4) is 0 Å². The molecule has 5 nitrogen and oxygen atoms in total. The summed E-state index contributed by atoms with van der Waals surface area (Å²) in [5.41, 5.74) is 12.1. The zero-order valence-corrected chi connectivity index (χ0v) is 11.1. The molecular formula is C12H27N5. The van der Waals surface area contributed by atoms with Crippen LogP contribution in [0.5, 0.6) is 0 Å². The fourth-order valence-corrected chi connectivity index (χ4v) is 3.04. The van der Waals surface area contributed by atoms with E-state index < -0.39 is 0 Å². The lowest BCUT2D eigenvalue weighted by Gasteiger charge is -2.45. The van der Waals surface area contributed by atoms with Crippen molar-refractivity contribution < 1.29 is 0 Å². The molecule has 5 N–H and O–H groups in total. The van der Waals surface area contributed by atoms with Gasteiger partial charge >= 0.3 is 0 Å². The van der Waals surface area contributed by atoms with Crippen LogP contribution < -0.4 is 16.8 Å². The Kier molecular flexibility index (Phi) is 4.38. The van der Waals surface area contributed by atoms with E-state index in [2.05, 4.69) is 29.2 Å². The smallest absolute Gasteiger partial charge is 0.0754 e. The van der Waals surface area contributed by atoms with Gasteiger partial charge in [-0.25, -0.2) is 0 Å². The number of nitrogens with zero attached hydrogens (tertiary/aromatic N) is 2. The van der Waals surface area contributed by atoms with E-state index >= 15 is 0 Å². The van der Waals surface area contributed by atoms with Crippen LogP contribution >= 0.6 is 0 Å². The summed E-state index contributed by atoms with van der Waals surface area (Å²) in [5, 5.41) is 3.51. The third-order valence-electron chi connectivity index (χ3n) is 4.12. The van der Waals surface area contributed by atoms with Gasteiger partial charge in [0.25, 0.3) is 0 Å². The van der Waals surface area contributed by atoms with E-state index in [4.69, 9.17) is 11.5 Å². The second-order valence-electron chi connectivity index (χ2n) is 5.77. The average molecular weight is 241 g/mol. The van der Waals surface area contributed by atoms with Crippen LogP contribution in [-0.2, 0) is 0 Å². The number of hydrogen-bond acceptors (Lipinski definition) is 5. The Labute approximate surface area is 104 Å².